The van der Waals surface area contributed by atoms with Crippen molar-refractivity contribution < 1.29 is 4.79 Å². The average Bonchev–Trinajstić information content (AvgIpc) is 2.38. The Kier molecular flexibility index (Phi) is 5.65. The summed E-state index contributed by atoms with van der Waals surface area (Å²) in [4.78, 5) is 13.8. The van der Waals surface area contributed by atoms with Crippen LogP contribution in [0.25, 0.3) is 0 Å². The second-order valence-corrected chi connectivity index (χ2v) is 4.62. The third-order valence-corrected chi connectivity index (χ3v) is 3.07. The molecular formula is C14H23N3O. The Morgan fingerprint density at radius 1 is 1.33 bits per heavy atom. The van der Waals surface area contributed by atoms with Gasteiger partial charge in [-0.15, -0.1) is 0 Å². The Morgan fingerprint density at radius 2 is 1.94 bits per heavy atom. The predicted octanol–water partition coefficient (Wildman–Crippen LogP) is 1.35. The van der Waals surface area contributed by atoms with E-state index >= 15 is 0 Å². The summed E-state index contributed by atoms with van der Waals surface area (Å²) < 4.78 is 0. The second-order valence-electron chi connectivity index (χ2n) is 4.62. The summed E-state index contributed by atoms with van der Waals surface area (Å²) >= 11 is 0. The number of hydrogen-bond acceptors (Lipinski definition) is 3. The van der Waals surface area contributed by atoms with Crippen LogP contribution < -0.4 is 16.0 Å². The zero-order valence-electron chi connectivity index (χ0n) is 11.4. The fourth-order valence-corrected chi connectivity index (χ4v) is 1.70. The highest BCUT2D eigenvalue weighted by molar-refractivity contribution is 5.78. The number of amides is 1. The van der Waals surface area contributed by atoms with Gasteiger partial charge in [0.2, 0.25) is 5.91 Å². The molecule has 0 saturated heterocycles. The van der Waals surface area contributed by atoms with Crippen LogP contribution in [0.1, 0.15) is 18.9 Å². The lowest BCUT2D eigenvalue weighted by molar-refractivity contribution is -0.124. The quantitative estimate of drug-likeness (QED) is 0.800. The summed E-state index contributed by atoms with van der Waals surface area (Å²) in [6, 6.07) is 8.14. The van der Waals surface area contributed by atoms with Gasteiger partial charge in [0.15, 0.2) is 0 Å². The Labute approximate surface area is 109 Å². The first-order valence-electron chi connectivity index (χ1n) is 6.32. The van der Waals surface area contributed by atoms with E-state index in [4.69, 9.17) is 5.73 Å². The lowest BCUT2D eigenvalue weighted by Crippen LogP contribution is -2.34. The number of nitrogens with one attached hydrogen (secondary N) is 1. The molecule has 4 nitrogen and oxygen atoms in total. The lowest BCUT2D eigenvalue weighted by atomic mass is 10.1. The Bertz CT molecular complexity index is 369. The van der Waals surface area contributed by atoms with Crippen molar-refractivity contribution in [2.45, 2.75) is 19.9 Å². The van der Waals surface area contributed by atoms with Crippen molar-refractivity contribution in [1.29, 1.82) is 0 Å². The van der Waals surface area contributed by atoms with Crippen molar-refractivity contribution in [3.63, 3.8) is 0 Å². The maximum absolute atomic E-state index is 11.8. The normalized spacial score (nSPS) is 12.0. The Balaban J connectivity index is 2.51. The van der Waals surface area contributed by atoms with Gasteiger partial charge in [-0.1, -0.05) is 19.1 Å². The van der Waals surface area contributed by atoms with Crippen LogP contribution in [0.4, 0.5) is 5.69 Å². The van der Waals surface area contributed by atoms with E-state index < -0.39 is 0 Å². The number of rotatable bonds is 6. The molecule has 0 bridgehead atoms. The zero-order valence-corrected chi connectivity index (χ0v) is 11.4. The standard InChI is InChI=1S/C14H23N3O/c1-4-12(9-15)14(18)16-10-11-5-7-13(8-6-11)17(2)3/h5-8,12H,4,9-10,15H2,1-3H3,(H,16,18). The molecule has 0 spiro atoms. The highest BCUT2D eigenvalue weighted by Crippen LogP contribution is 2.12. The molecule has 4 heteroatoms. The van der Waals surface area contributed by atoms with Gasteiger partial charge in [-0.25, -0.2) is 0 Å². The smallest absolute Gasteiger partial charge is 0.224 e. The molecule has 1 aromatic carbocycles. The minimum absolute atomic E-state index is 0.0386. The maximum atomic E-state index is 11.8. The van der Waals surface area contributed by atoms with Crippen molar-refractivity contribution in [1.82, 2.24) is 5.32 Å². The molecule has 18 heavy (non-hydrogen) atoms. The van der Waals surface area contributed by atoms with Crippen molar-refractivity contribution in [3.8, 4) is 0 Å². The fourth-order valence-electron chi connectivity index (χ4n) is 1.70. The van der Waals surface area contributed by atoms with Crippen molar-refractivity contribution >= 4 is 11.6 Å². The molecule has 0 radical (unpaired) electrons. The van der Waals surface area contributed by atoms with E-state index in [1.807, 2.05) is 50.2 Å². The molecule has 100 valence electrons. The monoisotopic (exact) mass is 249 g/mol. The topological polar surface area (TPSA) is 58.4 Å². The number of carbonyl (C=O) groups is 1. The van der Waals surface area contributed by atoms with Gasteiger partial charge in [0.1, 0.15) is 0 Å². The van der Waals surface area contributed by atoms with E-state index in [1.54, 1.807) is 0 Å². The lowest BCUT2D eigenvalue weighted by Gasteiger charge is -2.14. The van der Waals surface area contributed by atoms with Crippen LogP contribution in [-0.4, -0.2) is 26.5 Å². The summed E-state index contributed by atoms with van der Waals surface area (Å²) in [5.41, 5.74) is 7.79. The molecule has 0 saturated carbocycles. The van der Waals surface area contributed by atoms with Gasteiger partial charge in [-0.05, 0) is 24.1 Å². The second kappa shape index (κ2) is 7.01. The summed E-state index contributed by atoms with van der Waals surface area (Å²) in [6.45, 7) is 2.94. The van der Waals surface area contributed by atoms with E-state index in [1.165, 1.54) is 0 Å². The minimum atomic E-state index is -0.0777. The third-order valence-electron chi connectivity index (χ3n) is 3.07. The van der Waals surface area contributed by atoms with Crippen LogP contribution in [0.15, 0.2) is 24.3 Å². The predicted molar refractivity (Wildman–Crippen MR) is 75.5 cm³/mol. The molecule has 1 aromatic rings. The van der Waals surface area contributed by atoms with E-state index in [9.17, 15) is 4.79 Å². The SMILES string of the molecule is CCC(CN)C(=O)NCc1ccc(N(C)C)cc1. The molecule has 1 rings (SSSR count). The maximum Gasteiger partial charge on any atom is 0.224 e. The molecule has 1 amide bonds. The first kappa shape index (κ1) is 14.5. The summed E-state index contributed by atoms with van der Waals surface area (Å²) in [6.07, 6.45) is 0.780. The van der Waals surface area contributed by atoms with E-state index in [0.29, 0.717) is 13.1 Å². The molecular weight excluding hydrogens is 226 g/mol. The zero-order chi connectivity index (χ0) is 13.5. The molecule has 0 aromatic heterocycles. The first-order chi connectivity index (χ1) is 8.58. The van der Waals surface area contributed by atoms with E-state index in [0.717, 1.165) is 17.7 Å². The largest absolute Gasteiger partial charge is 0.378 e. The van der Waals surface area contributed by atoms with Gasteiger partial charge < -0.3 is 16.0 Å². The van der Waals surface area contributed by atoms with Crippen LogP contribution >= 0.6 is 0 Å². The van der Waals surface area contributed by atoms with Gasteiger partial charge in [0.25, 0.3) is 0 Å². The van der Waals surface area contributed by atoms with E-state index in [2.05, 4.69) is 5.32 Å². The average molecular weight is 249 g/mol. The highest BCUT2D eigenvalue weighted by Gasteiger charge is 2.13. The Morgan fingerprint density at radius 3 is 2.39 bits per heavy atom. The van der Waals surface area contributed by atoms with Crippen molar-refractivity contribution in [2.24, 2.45) is 11.7 Å². The third kappa shape index (κ3) is 4.04. The summed E-state index contributed by atoms with van der Waals surface area (Å²) in [5, 5.41) is 2.92. The van der Waals surface area contributed by atoms with Crippen LogP contribution in [0, 0.1) is 5.92 Å². The van der Waals surface area contributed by atoms with Crippen LogP contribution in [0.2, 0.25) is 0 Å². The number of nitrogens with two attached hydrogens (primary N) is 1. The molecule has 1 unspecified atom stereocenters. The molecule has 0 heterocycles. The van der Waals surface area contributed by atoms with Gasteiger partial charge >= 0.3 is 0 Å². The number of carbonyl (C=O) groups excluding carboxylic acids is 1. The fraction of sp³-hybridized carbons (Fsp3) is 0.500. The van der Waals surface area contributed by atoms with Crippen LogP contribution in [0.3, 0.4) is 0 Å². The van der Waals surface area contributed by atoms with Gasteiger partial charge in [0.05, 0.1) is 0 Å². The van der Waals surface area contributed by atoms with Crippen molar-refractivity contribution in [3.05, 3.63) is 29.8 Å². The molecule has 0 aliphatic carbocycles. The summed E-state index contributed by atoms with van der Waals surface area (Å²) in [7, 11) is 4.01. The summed E-state index contributed by atoms with van der Waals surface area (Å²) in [5.74, 6) is -0.0391. The van der Waals surface area contributed by atoms with Crippen molar-refractivity contribution in [2.75, 3.05) is 25.5 Å². The molecule has 3 N–H and O–H groups in total. The highest BCUT2D eigenvalue weighted by atomic mass is 16.1. The van der Waals surface area contributed by atoms with Crippen LogP contribution in [-0.2, 0) is 11.3 Å². The van der Waals surface area contributed by atoms with Gasteiger partial charge in [-0.2, -0.15) is 0 Å². The molecule has 1 atom stereocenters. The minimum Gasteiger partial charge on any atom is -0.378 e. The van der Waals surface area contributed by atoms with Crippen LogP contribution in [0.5, 0.6) is 0 Å². The van der Waals surface area contributed by atoms with Gasteiger partial charge in [0, 0.05) is 38.8 Å². The number of hydrogen-bond donors (Lipinski definition) is 2. The number of nitrogens with zero attached hydrogens (tertiary/aromatic N) is 1. The molecule has 0 fully saturated rings. The first-order valence-corrected chi connectivity index (χ1v) is 6.32. The molecule has 0 aliphatic rings. The van der Waals surface area contributed by atoms with Gasteiger partial charge in [-0.3, -0.25) is 4.79 Å². The number of benzene rings is 1. The van der Waals surface area contributed by atoms with E-state index in [-0.39, 0.29) is 11.8 Å². The molecule has 0 aliphatic heterocycles. The Hall–Kier alpha value is -1.55. The number of anilines is 1.